The zero-order valence-corrected chi connectivity index (χ0v) is 16.7. The average Bonchev–Trinajstić information content (AvgIpc) is 2.74. The molecule has 0 radical (unpaired) electrons. The Bertz CT molecular complexity index is 1240. The maximum Gasteiger partial charge on any atom is 0.279 e. The summed E-state index contributed by atoms with van der Waals surface area (Å²) >= 11 is 0. The van der Waals surface area contributed by atoms with E-state index < -0.39 is 38.9 Å². The van der Waals surface area contributed by atoms with E-state index >= 15 is 0 Å². The van der Waals surface area contributed by atoms with E-state index in [1.807, 2.05) is 4.72 Å². The lowest BCUT2D eigenvalue weighted by Gasteiger charge is -2.13. The minimum Gasteiger partial charge on any atom is -0.317 e. The molecule has 1 aromatic carbocycles. The molecule has 0 aliphatic rings. The summed E-state index contributed by atoms with van der Waals surface area (Å²) in [4.78, 5) is 30.9. The zero-order valence-electron chi connectivity index (χ0n) is 15.9. The van der Waals surface area contributed by atoms with Gasteiger partial charge in [0.05, 0.1) is 11.3 Å². The minimum atomic E-state index is -4.24. The second-order valence-electron chi connectivity index (χ2n) is 6.12. The number of nitrogens with one attached hydrogen (secondary N) is 3. The number of hydrogen-bond acceptors (Lipinski definition) is 6. The van der Waals surface area contributed by atoms with Crippen LogP contribution in [0.5, 0.6) is 0 Å². The molecule has 0 atom stereocenters. The summed E-state index contributed by atoms with van der Waals surface area (Å²) in [6.07, 6.45) is 2.34. The monoisotopic (exact) mass is 447 g/mol. The highest BCUT2D eigenvalue weighted by Crippen LogP contribution is 2.28. The van der Waals surface area contributed by atoms with Crippen molar-refractivity contribution in [3.63, 3.8) is 0 Å². The maximum atomic E-state index is 14.8. The molecule has 2 amide bonds. The van der Waals surface area contributed by atoms with Crippen LogP contribution < -0.4 is 15.4 Å². The van der Waals surface area contributed by atoms with Gasteiger partial charge in [0.2, 0.25) is 5.91 Å². The molecule has 12 heteroatoms. The molecule has 31 heavy (non-hydrogen) atoms. The first-order chi connectivity index (χ1) is 14.7. The standard InChI is InChI=1S/C19H15F2N5O4S/c1-11(27)24-15-8-5-12(10-23-15)19(28)25-18-13(20)6-7-14(17(18)21)26-31(29,30)16-4-2-3-9-22-16/h2-10,26H,1H3,(H,25,28)(H,23,24,27). The first kappa shape index (κ1) is 21.8. The molecule has 3 aromatic rings. The molecule has 2 aromatic heterocycles. The van der Waals surface area contributed by atoms with Crippen molar-refractivity contribution in [3.05, 3.63) is 72.1 Å². The van der Waals surface area contributed by atoms with Crippen LogP contribution in [0.1, 0.15) is 17.3 Å². The van der Waals surface area contributed by atoms with Crippen molar-refractivity contribution in [2.24, 2.45) is 0 Å². The van der Waals surface area contributed by atoms with E-state index in [2.05, 4.69) is 20.6 Å². The molecule has 0 saturated carbocycles. The highest BCUT2D eigenvalue weighted by molar-refractivity contribution is 7.92. The third kappa shape index (κ3) is 5.17. The largest absolute Gasteiger partial charge is 0.317 e. The summed E-state index contributed by atoms with van der Waals surface area (Å²) in [5.41, 5.74) is -1.48. The average molecular weight is 447 g/mol. The summed E-state index contributed by atoms with van der Waals surface area (Å²) < 4.78 is 55.6. The van der Waals surface area contributed by atoms with E-state index in [0.29, 0.717) is 0 Å². The van der Waals surface area contributed by atoms with Crippen LogP contribution in [-0.2, 0) is 14.8 Å². The van der Waals surface area contributed by atoms with Crippen molar-refractivity contribution in [1.82, 2.24) is 9.97 Å². The number of nitrogens with zero attached hydrogens (tertiary/aromatic N) is 2. The Hall–Kier alpha value is -3.93. The number of benzene rings is 1. The quantitative estimate of drug-likeness (QED) is 0.533. The normalized spacial score (nSPS) is 10.9. The predicted molar refractivity (Wildman–Crippen MR) is 108 cm³/mol. The molecule has 0 bridgehead atoms. The van der Waals surface area contributed by atoms with Gasteiger partial charge in [0, 0.05) is 19.3 Å². The van der Waals surface area contributed by atoms with Crippen LogP contribution in [0, 0.1) is 11.6 Å². The lowest BCUT2D eigenvalue weighted by molar-refractivity contribution is -0.114. The molecule has 0 saturated heterocycles. The minimum absolute atomic E-state index is 0.0487. The fourth-order valence-corrected chi connectivity index (χ4v) is 3.43. The Balaban J connectivity index is 1.84. The Morgan fingerprint density at radius 1 is 0.968 bits per heavy atom. The number of rotatable bonds is 6. The first-order valence-electron chi connectivity index (χ1n) is 8.64. The summed E-state index contributed by atoms with van der Waals surface area (Å²) in [7, 11) is -4.24. The molecule has 2 heterocycles. The number of carbonyl (C=O) groups excluding carboxylic acids is 2. The summed E-state index contributed by atoms with van der Waals surface area (Å²) in [6, 6.07) is 8.43. The zero-order chi connectivity index (χ0) is 22.6. The second kappa shape index (κ2) is 8.83. The highest BCUT2D eigenvalue weighted by Gasteiger charge is 2.22. The number of pyridine rings is 2. The van der Waals surface area contributed by atoms with Crippen molar-refractivity contribution >= 4 is 39.0 Å². The van der Waals surface area contributed by atoms with Gasteiger partial charge in [0.15, 0.2) is 10.8 Å². The number of carbonyl (C=O) groups is 2. The van der Waals surface area contributed by atoms with E-state index in [1.54, 1.807) is 0 Å². The first-order valence-corrected chi connectivity index (χ1v) is 10.1. The van der Waals surface area contributed by atoms with Crippen molar-refractivity contribution in [2.75, 3.05) is 15.4 Å². The van der Waals surface area contributed by atoms with Gasteiger partial charge in [-0.25, -0.2) is 18.7 Å². The van der Waals surface area contributed by atoms with Gasteiger partial charge >= 0.3 is 0 Å². The summed E-state index contributed by atoms with van der Waals surface area (Å²) in [5, 5.41) is 4.10. The van der Waals surface area contributed by atoms with E-state index in [0.717, 1.165) is 18.3 Å². The van der Waals surface area contributed by atoms with E-state index in [9.17, 15) is 26.8 Å². The van der Waals surface area contributed by atoms with Crippen LogP contribution in [0.25, 0.3) is 0 Å². The van der Waals surface area contributed by atoms with E-state index in [-0.39, 0.29) is 22.3 Å². The predicted octanol–water partition coefficient (Wildman–Crippen LogP) is 2.77. The molecule has 0 aliphatic carbocycles. The number of hydrogen-bond donors (Lipinski definition) is 3. The SMILES string of the molecule is CC(=O)Nc1ccc(C(=O)Nc2c(F)ccc(NS(=O)(=O)c3ccccn3)c2F)cn1. The van der Waals surface area contributed by atoms with Crippen LogP contribution in [0.4, 0.5) is 26.0 Å². The molecule has 0 spiro atoms. The van der Waals surface area contributed by atoms with Gasteiger partial charge in [0.25, 0.3) is 15.9 Å². The van der Waals surface area contributed by atoms with Crippen LogP contribution in [0.2, 0.25) is 0 Å². The smallest absolute Gasteiger partial charge is 0.279 e. The topological polar surface area (TPSA) is 130 Å². The Labute approximate surface area is 175 Å². The number of sulfonamides is 1. The molecule has 9 nitrogen and oxygen atoms in total. The van der Waals surface area contributed by atoms with Crippen LogP contribution in [0.15, 0.2) is 59.9 Å². The second-order valence-corrected chi connectivity index (χ2v) is 7.75. The molecular formula is C19H15F2N5O4S. The molecule has 0 aliphatic heterocycles. The molecule has 0 unspecified atom stereocenters. The van der Waals surface area contributed by atoms with Crippen LogP contribution >= 0.6 is 0 Å². The maximum absolute atomic E-state index is 14.8. The van der Waals surface area contributed by atoms with Gasteiger partial charge in [-0.3, -0.25) is 14.3 Å². The highest BCUT2D eigenvalue weighted by atomic mass is 32.2. The van der Waals surface area contributed by atoms with Gasteiger partial charge in [-0.2, -0.15) is 8.42 Å². The molecular weight excluding hydrogens is 432 g/mol. The molecule has 3 N–H and O–H groups in total. The Kier molecular flexibility index (Phi) is 6.20. The van der Waals surface area contributed by atoms with E-state index in [1.165, 1.54) is 43.5 Å². The molecule has 160 valence electrons. The van der Waals surface area contributed by atoms with Gasteiger partial charge in [-0.05, 0) is 36.4 Å². The van der Waals surface area contributed by atoms with E-state index in [4.69, 9.17) is 0 Å². The van der Waals surface area contributed by atoms with Gasteiger partial charge in [-0.15, -0.1) is 0 Å². The van der Waals surface area contributed by atoms with Gasteiger partial charge in [-0.1, -0.05) is 6.07 Å². The van der Waals surface area contributed by atoms with Crippen LogP contribution in [-0.4, -0.2) is 30.2 Å². The Morgan fingerprint density at radius 2 is 1.74 bits per heavy atom. The summed E-state index contributed by atoms with van der Waals surface area (Å²) in [5.74, 6) is -3.51. The number of aromatic nitrogens is 2. The lowest BCUT2D eigenvalue weighted by atomic mass is 10.2. The number of anilines is 3. The third-order valence-corrected chi connectivity index (χ3v) is 5.10. The van der Waals surface area contributed by atoms with Crippen molar-refractivity contribution in [3.8, 4) is 0 Å². The van der Waals surface area contributed by atoms with Crippen molar-refractivity contribution in [2.45, 2.75) is 11.9 Å². The fourth-order valence-electron chi connectivity index (χ4n) is 2.42. The number of halogens is 2. The third-order valence-electron chi connectivity index (χ3n) is 3.82. The van der Waals surface area contributed by atoms with Crippen molar-refractivity contribution in [1.29, 1.82) is 0 Å². The lowest BCUT2D eigenvalue weighted by Crippen LogP contribution is -2.18. The van der Waals surface area contributed by atoms with Crippen LogP contribution in [0.3, 0.4) is 0 Å². The molecule has 3 rings (SSSR count). The van der Waals surface area contributed by atoms with Crippen molar-refractivity contribution < 1.29 is 26.8 Å². The van der Waals surface area contributed by atoms with Gasteiger partial charge in [0.1, 0.15) is 17.3 Å². The Morgan fingerprint density at radius 3 is 2.35 bits per heavy atom. The fraction of sp³-hybridized carbons (Fsp3) is 0.0526. The van der Waals surface area contributed by atoms with Gasteiger partial charge < -0.3 is 10.6 Å². The summed E-state index contributed by atoms with van der Waals surface area (Å²) in [6.45, 7) is 1.28. The number of amides is 2. The molecule has 0 fully saturated rings.